The second-order valence-corrected chi connectivity index (χ2v) is 5.78. The van der Waals surface area contributed by atoms with Crippen molar-refractivity contribution in [2.45, 2.75) is 45.4 Å². The third-order valence-electron chi connectivity index (χ3n) is 3.89. The Morgan fingerprint density at radius 3 is 2.85 bits per heavy atom. The van der Waals surface area contributed by atoms with Crippen molar-refractivity contribution in [2.75, 3.05) is 0 Å². The van der Waals surface area contributed by atoms with Gasteiger partial charge >= 0.3 is 0 Å². The molecule has 2 aliphatic rings. The van der Waals surface area contributed by atoms with Crippen LogP contribution in [-0.4, -0.2) is 0 Å². The molecule has 70 valence electrons. The minimum absolute atomic E-state index is 0.978. The van der Waals surface area contributed by atoms with Gasteiger partial charge in [-0.25, -0.2) is 0 Å². The summed E-state index contributed by atoms with van der Waals surface area (Å²) >= 11 is 2.06. The average Bonchev–Trinajstić information content (AvgIpc) is 2.50. The van der Waals surface area contributed by atoms with E-state index >= 15 is 0 Å². The Hall–Kier alpha value is -0.300. The molecule has 0 N–H and O–H groups in total. The molecule has 1 saturated carbocycles. The molecule has 0 radical (unpaired) electrons. The molecule has 0 nitrogen and oxygen atoms in total. The first-order valence-corrected chi connectivity index (χ1v) is 6.24. The predicted molar refractivity (Wildman–Crippen MR) is 57.6 cm³/mol. The maximum Gasteiger partial charge on any atom is 0.00803 e. The zero-order valence-corrected chi connectivity index (χ0v) is 9.21. The Morgan fingerprint density at radius 2 is 2.23 bits per heavy atom. The first kappa shape index (κ1) is 8.05. The van der Waals surface area contributed by atoms with Gasteiger partial charge in [-0.3, -0.25) is 0 Å². The molecule has 3 rings (SSSR count). The van der Waals surface area contributed by atoms with E-state index in [9.17, 15) is 0 Å². The lowest BCUT2D eigenvalue weighted by atomic mass is 9.74. The first-order chi connectivity index (χ1) is 6.31. The summed E-state index contributed by atoms with van der Waals surface area (Å²) in [7, 11) is 0. The minimum Gasteiger partial charge on any atom is -0.145 e. The van der Waals surface area contributed by atoms with Gasteiger partial charge < -0.3 is 0 Å². The van der Waals surface area contributed by atoms with Crippen LogP contribution in [0.2, 0.25) is 0 Å². The first-order valence-electron chi connectivity index (χ1n) is 5.42. The van der Waals surface area contributed by atoms with Gasteiger partial charge in [-0.15, -0.1) is 11.3 Å². The van der Waals surface area contributed by atoms with E-state index in [4.69, 9.17) is 0 Å². The molecule has 0 aromatic carbocycles. The lowest BCUT2D eigenvalue weighted by Crippen LogP contribution is -2.19. The van der Waals surface area contributed by atoms with Crippen molar-refractivity contribution in [1.29, 1.82) is 0 Å². The highest BCUT2D eigenvalue weighted by atomic mass is 32.1. The number of aryl methyl sites for hydroxylation is 2. The van der Waals surface area contributed by atoms with E-state index in [-0.39, 0.29) is 0 Å². The van der Waals surface area contributed by atoms with Gasteiger partial charge in [0.15, 0.2) is 0 Å². The van der Waals surface area contributed by atoms with E-state index in [1.807, 2.05) is 0 Å². The van der Waals surface area contributed by atoms with Crippen LogP contribution in [0.5, 0.6) is 0 Å². The van der Waals surface area contributed by atoms with Crippen LogP contribution in [0.25, 0.3) is 0 Å². The van der Waals surface area contributed by atoms with E-state index in [1.165, 1.54) is 25.7 Å². The summed E-state index contributed by atoms with van der Waals surface area (Å²) in [5.74, 6) is 2.02. The van der Waals surface area contributed by atoms with Crippen LogP contribution in [-0.2, 0) is 12.8 Å². The van der Waals surface area contributed by atoms with Crippen LogP contribution in [0, 0.1) is 12.8 Å². The lowest BCUT2D eigenvalue weighted by molar-refractivity contribution is 0.280. The topological polar surface area (TPSA) is 0 Å². The maximum atomic E-state index is 2.32. The zero-order valence-electron chi connectivity index (χ0n) is 8.39. The molecule has 1 fully saturated rings. The van der Waals surface area contributed by atoms with E-state index in [0.29, 0.717) is 0 Å². The third kappa shape index (κ3) is 0.914. The van der Waals surface area contributed by atoms with Crippen molar-refractivity contribution < 1.29 is 0 Å². The zero-order chi connectivity index (χ0) is 9.00. The fraction of sp³-hybridized carbons (Fsp3) is 0.667. The van der Waals surface area contributed by atoms with Gasteiger partial charge in [0.2, 0.25) is 0 Å². The summed E-state index contributed by atoms with van der Waals surface area (Å²) in [4.78, 5) is 3.31. The van der Waals surface area contributed by atoms with Crippen molar-refractivity contribution >= 4 is 11.3 Å². The average molecular weight is 192 g/mol. The van der Waals surface area contributed by atoms with Crippen molar-refractivity contribution in [3.05, 3.63) is 20.9 Å². The van der Waals surface area contributed by atoms with Crippen LogP contribution in [0.3, 0.4) is 0 Å². The molecule has 2 atom stereocenters. The van der Waals surface area contributed by atoms with E-state index in [0.717, 1.165) is 11.8 Å². The van der Waals surface area contributed by atoms with Gasteiger partial charge in [0, 0.05) is 9.75 Å². The summed E-state index contributed by atoms with van der Waals surface area (Å²) in [6.07, 6.45) is 5.62. The van der Waals surface area contributed by atoms with Crippen LogP contribution < -0.4 is 0 Å². The summed E-state index contributed by atoms with van der Waals surface area (Å²) in [6, 6.07) is 0. The van der Waals surface area contributed by atoms with Crippen LogP contribution >= 0.6 is 11.3 Å². The smallest absolute Gasteiger partial charge is 0.00803 e. The Balaban J connectivity index is 2.13. The fourth-order valence-electron chi connectivity index (χ4n) is 3.11. The van der Waals surface area contributed by atoms with E-state index < -0.39 is 0 Å². The van der Waals surface area contributed by atoms with Crippen LogP contribution in [0.4, 0.5) is 0 Å². The molecule has 2 unspecified atom stereocenters. The van der Waals surface area contributed by atoms with Gasteiger partial charge in [-0.1, -0.05) is 6.92 Å². The summed E-state index contributed by atoms with van der Waals surface area (Å²) in [5.41, 5.74) is 3.54. The molecule has 1 heteroatoms. The Kier molecular flexibility index (Phi) is 1.61. The highest BCUT2D eigenvalue weighted by molar-refractivity contribution is 7.12. The van der Waals surface area contributed by atoms with Crippen LogP contribution in [0.15, 0.2) is 0 Å². The van der Waals surface area contributed by atoms with E-state index in [2.05, 4.69) is 25.2 Å². The summed E-state index contributed by atoms with van der Waals surface area (Å²) < 4.78 is 0. The Morgan fingerprint density at radius 1 is 1.38 bits per heavy atom. The van der Waals surface area contributed by atoms with Crippen molar-refractivity contribution in [2.24, 2.45) is 5.92 Å². The molecule has 1 heterocycles. The molecule has 0 spiro atoms. The van der Waals surface area contributed by atoms with Gasteiger partial charge in [0.25, 0.3) is 0 Å². The predicted octanol–water partition coefficient (Wildman–Crippen LogP) is 3.67. The highest BCUT2D eigenvalue weighted by Crippen LogP contribution is 2.55. The normalized spacial score (nSPS) is 29.7. The Labute approximate surface area is 84.0 Å². The number of fused-ring (bicyclic) bond motifs is 3. The second kappa shape index (κ2) is 2.60. The molecule has 0 amide bonds. The molecule has 13 heavy (non-hydrogen) atoms. The summed E-state index contributed by atoms with van der Waals surface area (Å²) in [6.45, 7) is 4.62. The SMILES string of the molecule is CCc1sc(C)c2c1CC1CCC21. The quantitative estimate of drug-likeness (QED) is 0.637. The Bertz CT molecular complexity index is 348. The monoisotopic (exact) mass is 192 g/mol. The number of hydrogen-bond donors (Lipinski definition) is 0. The maximum absolute atomic E-state index is 2.32. The van der Waals surface area contributed by atoms with Gasteiger partial charge in [-0.05, 0) is 55.6 Å². The van der Waals surface area contributed by atoms with Crippen molar-refractivity contribution in [1.82, 2.24) is 0 Å². The highest BCUT2D eigenvalue weighted by Gasteiger charge is 2.41. The molecule has 0 aliphatic heterocycles. The van der Waals surface area contributed by atoms with Gasteiger partial charge in [-0.2, -0.15) is 0 Å². The molecular weight excluding hydrogens is 176 g/mol. The van der Waals surface area contributed by atoms with Gasteiger partial charge in [0.05, 0.1) is 0 Å². The number of rotatable bonds is 1. The fourth-order valence-corrected chi connectivity index (χ4v) is 4.33. The largest absolute Gasteiger partial charge is 0.145 e. The molecule has 0 bridgehead atoms. The number of hydrogen-bond acceptors (Lipinski definition) is 1. The van der Waals surface area contributed by atoms with Crippen molar-refractivity contribution in [3.63, 3.8) is 0 Å². The second-order valence-electron chi connectivity index (χ2n) is 4.48. The molecule has 2 aliphatic carbocycles. The summed E-state index contributed by atoms with van der Waals surface area (Å²) in [5, 5.41) is 0. The van der Waals surface area contributed by atoms with E-state index in [1.54, 1.807) is 20.9 Å². The number of thiophene rings is 1. The minimum atomic E-state index is 0.978. The van der Waals surface area contributed by atoms with Gasteiger partial charge in [0.1, 0.15) is 0 Å². The van der Waals surface area contributed by atoms with Crippen molar-refractivity contribution in [3.8, 4) is 0 Å². The lowest BCUT2D eigenvalue weighted by Gasteiger charge is -2.31. The molecule has 1 aromatic rings. The molecular formula is C12H16S. The van der Waals surface area contributed by atoms with Crippen LogP contribution in [0.1, 0.15) is 46.6 Å². The molecule has 1 aromatic heterocycles. The molecule has 0 saturated heterocycles. The third-order valence-corrected chi connectivity index (χ3v) is 5.20. The standard InChI is InChI=1S/C12H16S/c1-3-11-10-6-8-4-5-9(8)12(10)7(2)13-11/h8-9H,3-6H2,1-2H3.